The summed E-state index contributed by atoms with van der Waals surface area (Å²) in [4.78, 5) is 45.5. The topological polar surface area (TPSA) is 141 Å². The Bertz CT molecular complexity index is 552. The van der Waals surface area contributed by atoms with Gasteiger partial charge in [-0.1, -0.05) is 13.8 Å². The summed E-state index contributed by atoms with van der Waals surface area (Å²) in [6.45, 7) is 2.80. The zero-order chi connectivity index (χ0) is 16.7. The molecule has 0 bridgehead atoms. The van der Waals surface area contributed by atoms with Crippen molar-refractivity contribution in [2.24, 2.45) is 11.7 Å². The molecule has 0 saturated carbocycles. The van der Waals surface area contributed by atoms with Crippen LogP contribution in [-0.4, -0.2) is 36.5 Å². The number of rotatable bonds is 6. The molecule has 9 heteroatoms. The van der Waals surface area contributed by atoms with E-state index in [-0.39, 0.29) is 11.7 Å². The zero-order valence-corrected chi connectivity index (χ0v) is 12.1. The number of nitrogens with two attached hydrogens (primary N) is 1. The van der Waals surface area contributed by atoms with E-state index < -0.39 is 36.5 Å². The van der Waals surface area contributed by atoms with Crippen molar-refractivity contribution in [3.8, 4) is 0 Å². The third kappa shape index (κ3) is 5.27. The quantitative estimate of drug-likeness (QED) is 0.620. The normalized spacial score (nSPS) is 11.6. The summed E-state index contributed by atoms with van der Waals surface area (Å²) in [5.74, 6) is -2.60. The molecule has 4 N–H and O–H groups in total. The maximum Gasteiger partial charge on any atom is 0.326 e. The van der Waals surface area contributed by atoms with E-state index in [0.717, 1.165) is 0 Å². The van der Waals surface area contributed by atoms with E-state index in [4.69, 9.17) is 14.9 Å². The van der Waals surface area contributed by atoms with Gasteiger partial charge in [0.25, 0.3) is 11.8 Å². The Morgan fingerprint density at radius 2 is 2.00 bits per heavy atom. The number of imide groups is 1. The van der Waals surface area contributed by atoms with Gasteiger partial charge >= 0.3 is 12.0 Å². The maximum absolute atomic E-state index is 11.7. The van der Waals surface area contributed by atoms with Gasteiger partial charge in [-0.15, -0.1) is 0 Å². The molecule has 0 fully saturated rings. The van der Waals surface area contributed by atoms with E-state index in [1.807, 2.05) is 5.32 Å². The average molecular weight is 311 g/mol. The minimum atomic E-state index is -1.19. The first-order valence-corrected chi connectivity index (χ1v) is 6.42. The van der Waals surface area contributed by atoms with E-state index in [2.05, 4.69) is 5.32 Å². The molecule has 0 spiro atoms. The number of esters is 1. The largest absolute Gasteiger partial charge is 0.459 e. The third-order valence-corrected chi connectivity index (χ3v) is 2.51. The zero-order valence-electron chi connectivity index (χ0n) is 12.1. The molecule has 0 saturated heterocycles. The molecule has 9 nitrogen and oxygen atoms in total. The second-order valence-electron chi connectivity index (χ2n) is 4.67. The van der Waals surface area contributed by atoms with Gasteiger partial charge < -0.3 is 20.2 Å². The molecule has 22 heavy (non-hydrogen) atoms. The van der Waals surface area contributed by atoms with E-state index in [1.54, 1.807) is 13.8 Å². The Labute approximate surface area is 126 Å². The summed E-state index contributed by atoms with van der Waals surface area (Å²) >= 11 is 0. The van der Waals surface area contributed by atoms with Crippen molar-refractivity contribution in [1.29, 1.82) is 0 Å². The molecule has 1 atom stereocenters. The van der Waals surface area contributed by atoms with E-state index >= 15 is 0 Å². The molecule has 0 aliphatic heterocycles. The number of carbonyl (C=O) groups excluding carboxylic acids is 4. The predicted molar refractivity (Wildman–Crippen MR) is 73.5 cm³/mol. The molecular weight excluding hydrogens is 294 g/mol. The predicted octanol–water partition coefficient (Wildman–Crippen LogP) is -0.228. The number of urea groups is 1. The highest BCUT2D eigenvalue weighted by molar-refractivity contribution is 5.97. The molecule has 0 unspecified atom stereocenters. The first-order valence-electron chi connectivity index (χ1n) is 6.42. The van der Waals surface area contributed by atoms with Crippen molar-refractivity contribution < 1.29 is 28.3 Å². The molecule has 4 amide bonds. The molecule has 1 aromatic heterocycles. The summed E-state index contributed by atoms with van der Waals surface area (Å²) in [6.07, 6.45) is 0.122. The van der Waals surface area contributed by atoms with Gasteiger partial charge in [0.1, 0.15) is 6.54 Å². The van der Waals surface area contributed by atoms with Crippen molar-refractivity contribution in [2.75, 3.05) is 6.54 Å². The van der Waals surface area contributed by atoms with Gasteiger partial charge in [-0.05, 0) is 18.1 Å². The van der Waals surface area contributed by atoms with Crippen LogP contribution in [0.15, 0.2) is 22.8 Å². The van der Waals surface area contributed by atoms with Crippen LogP contribution >= 0.6 is 0 Å². The Balaban J connectivity index is 2.51. The SMILES string of the molecule is CC(C)[C@@H](OC(=O)CNC(=O)c1ccco1)C(=O)NC(N)=O. The van der Waals surface area contributed by atoms with Crippen molar-refractivity contribution in [1.82, 2.24) is 10.6 Å². The van der Waals surface area contributed by atoms with Crippen LogP contribution in [0.3, 0.4) is 0 Å². The van der Waals surface area contributed by atoms with Crippen LogP contribution in [0.25, 0.3) is 0 Å². The number of hydrogen-bond donors (Lipinski definition) is 3. The number of amides is 4. The number of hydrogen-bond acceptors (Lipinski definition) is 6. The standard InChI is InChI=1S/C13H17N3O6/c1-7(2)10(12(19)16-13(14)20)22-9(17)6-15-11(18)8-4-3-5-21-8/h3-5,7,10H,6H2,1-2H3,(H,15,18)(H3,14,16,19,20)/t10-/m1/s1. The highest BCUT2D eigenvalue weighted by Crippen LogP contribution is 2.07. The number of ether oxygens (including phenoxy) is 1. The first kappa shape index (κ1) is 17.2. The Kier molecular flexibility index (Phi) is 6.11. The highest BCUT2D eigenvalue weighted by atomic mass is 16.5. The van der Waals surface area contributed by atoms with Crippen molar-refractivity contribution in [2.45, 2.75) is 20.0 Å². The average Bonchev–Trinajstić information content (AvgIpc) is 2.94. The summed E-state index contributed by atoms with van der Waals surface area (Å²) < 4.78 is 9.79. The van der Waals surface area contributed by atoms with E-state index in [9.17, 15) is 19.2 Å². The molecule has 1 heterocycles. The number of carbonyl (C=O) groups is 4. The minimum Gasteiger partial charge on any atom is -0.459 e. The highest BCUT2D eigenvalue weighted by Gasteiger charge is 2.27. The van der Waals surface area contributed by atoms with Crippen LogP contribution in [0, 0.1) is 5.92 Å². The van der Waals surface area contributed by atoms with Crippen LogP contribution < -0.4 is 16.4 Å². The van der Waals surface area contributed by atoms with Gasteiger partial charge in [-0.2, -0.15) is 0 Å². The fraction of sp³-hybridized carbons (Fsp3) is 0.385. The smallest absolute Gasteiger partial charge is 0.326 e. The lowest BCUT2D eigenvalue weighted by atomic mass is 10.1. The molecule has 0 aliphatic rings. The lowest BCUT2D eigenvalue weighted by Gasteiger charge is -2.19. The summed E-state index contributed by atoms with van der Waals surface area (Å²) in [7, 11) is 0. The Morgan fingerprint density at radius 3 is 2.50 bits per heavy atom. The fourth-order valence-electron chi connectivity index (χ4n) is 1.52. The van der Waals surface area contributed by atoms with Crippen LogP contribution in [0.5, 0.6) is 0 Å². The van der Waals surface area contributed by atoms with Gasteiger partial charge in [-0.25, -0.2) is 4.79 Å². The van der Waals surface area contributed by atoms with Crippen LogP contribution in [0.4, 0.5) is 4.79 Å². The van der Waals surface area contributed by atoms with Gasteiger partial charge in [0.05, 0.1) is 6.26 Å². The Morgan fingerprint density at radius 1 is 1.32 bits per heavy atom. The third-order valence-electron chi connectivity index (χ3n) is 2.51. The van der Waals surface area contributed by atoms with Gasteiger partial charge in [0, 0.05) is 0 Å². The number of primary amides is 1. The molecule has 1 rings (SSSR count). The second kappa shape index (κ2) is 7.81. The first-order chi connectivity index (χ1) is 10.3. The summed E-state index contributed by atoms with van der Waals surface area (Å²) in [5, 5.41) is 4.12. The van der Waals surface area contributed by atoms with Crippen LogP contribution in [-0.2, 0) is 14.3 Å². The van der Waals surface area contributed by atoms with Gasteiger partial charge in [-0.3, -0.25) is 19.7 Å². The number of furan rings is 1. The van der Waals surface area contributed by atoms with Crippen LogP contribution in [0.2, 0.25) is 0 Å². The van der Waals surface area contributed by atoms with Crippen molar-refractivity contribution in [3.05, 3.63) is 24.2 Å². The molecule has 120 valence electrons. The molecule has 0 radical (unpaired) electrons. The van der Waals surface area contributed by atoms with Gasteiger partial charge in [0.2, 0.25) is 0 Å². The molecule has 1 aromatic rings. The summed E-state index contributed by atoms with van der Waals surface area (Å²) in [6, 6.07) is 1.91. The van der Waals surface area contributed by atoms with Crippen molar-refractivity contribution in [3.63, 3.8) is 0 Å². The number of nitrogens with one attached hydrogen (secondary N) is 2. The van der Waals surface area contributed by atoms with E-state index in [0.29, 0.717) is 0 Å². The lowest BCUT2D eigenvalue weighted by Crippen LogP contribution is -2.46. The molecular formula is C13H17N3O6. The monoisotopic (exact) mass is 311 g/mol. The lowest BCUT2D eigenvalue weighted by molar-refractivity contribution is -0.157. The van der Waals surface area contributed by atoms with Gasteiger partial charge in [0.15, 0.2) is 11.9 Å². The summed E-state index contributed by atoms with van der Waals surface area (Å²) in [5.41, 5.74) is 4.84. The van der Waals surface area contributed by atoms with Crippen LogP contribution in [0.1, 0.15) is 24.4 Å². The van der Waals surface area contributed by atoms with E-state index in [1.165, 1.54) is 18.4 Å². The van der Waals surface area contributed by atoms with Crippen molar-refractivity contribution >= 4 is 23.8 Å². The minimum absolute atomic E-state index is 0.0414. The molecule has 0 aliphatic carbocycles. The maximum atomic E-state index is 11.7. The molecule has 0 aromatic carbocycles. The second-order valence-corrected chi connectivity index (χ2v) is 4.67. The fourth-order valence-corrected chi connectivity index (χ4v) is 1.52. The Hall–Kier alpha value is -2.84.